The molecule has 0 spiro atoms. The topological polar surface area (TPSA) is 12.0 Å². The molecule has 1 N–H and O–H groups in total. The summed E-state index contributed by atoms with van der Waals surface area (Å²) in [6.07, 6.45) is 6.15. The van der Waals surface area contributed by atoms with Crippen LogP contribution >= 0.6 is 0 Å². The van der Waals surface area contributed by atoms with Crippen molar-refractivity contribution in [2.24, 2.45) is 5.92 Å². The SMILES string of the molecule is FC(F)(C1CCCCC1)C1CCCN1. The van der Waals surface area contributed by atoms with E-state index in [0.717, 1.165) is 45.1 Å². The molecule has 1 aliphatic carbocycles. The molecule has 0 aromatic carbocycles. The van der Waals surface area contributed by atoms with Crippen LogP contribution in [0.3, 0.4) is 0 Å². The normalized spacial score (nSPS) is 30.9. The summed E-state index contributed by atoms with van der Waals surface area (Å²) < 4.78 is 27.9. The zero-order chi connectivity index (χ0) is 10.0. The van der Waals surface area contributed by atoms with Gasteiger partial charge in [-0.05, 0) is 32.2 Å². The van der Waals surface area contributed by atoms with E-state index >= 15 is 0 Å². The average Bonchev–Trinajstić information content (AvgIpc) is 2.72. The van der Waals surface area contributed by atoms with Gasteiger partial charge in [-0.15, -0.1) is 0 Å². The van der Waals surface area contributed by atoms with Crippen LogP contribution in [0.25, 0.3) is 0 Å². The van der Waals surface area contributed by atoms with Crippen LogP contribution in [0.5, 0.6) is 0 Å². The van der Waals surface area contributed by atoms with Gasteiger partial charge in [-0.3, -0.25) is 0 Å². The number of halogens is 2. The van der Waals surface area contributed by atoms with Crippen LogP contribution in [0.2, 0.25) is 0 Å². The van der Waals surface area contributed by atoms with Gasteiger partial charge in [0.2, 0.25) is 0 Å². The van der Waals surface area contributed by atoms with E-state index in [1.165, 1.54) is 0 Å². The van der Waals surface area contributed by atoms with Crippen molar-refractivity contribution in [2.75, 3.05) is 6.54 Å². The van der Waals surface area contributed by atoms with Crippen molar-refractivity contribution in [1.29, 1.82) is 0 Å². The Kier molecular flexibility index (Phi) is 3.05. The van der Waals surface area contributed by atoms with E-state index in [1.807, 2.05) is 0 Å². The van der Waals surface area contributed by atoms with E-state index < -0.39 is 12.0 Å². The highest BCUT2D eigenvalue weighted by molar-refractivity contribution is 4.93. The Balaban J connectivity index is 1.97. The number of nitrogens with one attached hydrogen (secondary N) is 1. The van der Waals surface area contributed by atoms with Gasteiger partial charge in [-0.2, -0.15) is 0 Å². The molecule has 2 rings (SSSR count). The highest BCUT2D eigenvalue weighted by Crippen LogP contribution is 2.40. The zero-order valence-electron chi connectivity index (χ0n) is 8.57. The minimum absolute atomic E-state index is 0.355. The van der Waals surface area contributed by atoms with Crippen molar-refractivity contribution in [3.8, 4) is 0 Å². The molecule has 2 fully saturated rings. The van der Waals surface area contributed by atoms with Crippen molar-refractivity contribution >= 4 is 0 Å². The molecular formula is C11H19F2N. The van der Waals surface area contributed by atoms with Gasteiger partial charge in [0.25, 0.3) is 5.92 Å². The summed E-state index contributed by atoms with van der Waals surface area (Å²) in [6.45, 7) is 0.771. The summed E-state index contributed by atoms with van der Waals surface area (Å²) in [5.41, 5.74) is 0. The van der Waals surface area contributed by atoms with Crippen LogP contribution in [-0.4, -0.2) is 18.5 Å². The van der Waals surface area contributed by atoms with E-state index in [4.69, 9.17) is 0 Å². The molecular weight excluding hydrogens is 184 g/mol. The second-order valence-electron chi connectivity index (χ2n) is 4.66. The van der Waals surface area contributed by atoms with Gasteiger partial charge in [-0.1, -0.05) is 19.3 Å². The zero-order valence-corrected chi connectivity index (χ0v) is 8.57. The first-order valence-electron chi connectivity index (χ1n) is 5.82. The molecule has 0 aromatic heterocycles. The van der Waals surface area contributed by atoms with Crippen LogP contribution < -0.4 is 5.32 Å². The van der Waals surface area contributed by atoms with Gasteiger partial charge in [-0.25, -0.2) is 8.78 Å². The van der Waals surface area contributed by atoms with Gasteiger partial charge in [0, 0.05) is 5.92 Å². The summed E-state index contributed by atoms with van der Waals surface area (Å²) in [4.78, 5) is 0. The Bertz CT molecular complexity index is 182. The molecule has 0 amide bonds. The van der Waals surface area contributed by atoms with E-state index in [2.05, 4.69) is 5.32 Å². The Morgan fingerprint density at radius 2 is 1.64 bits per heavy atom. The highest BCUT2D eigenvalue weighted by Gasteiger charge is 2.47. The van der Waals surface area contributed by atoms with Gasteiger partial charge in [0.05, 0.1) is 6.04 Å². The molecule has 1 unspecified atom stereocenters. The second kappa shape index (κ2) is 4.13. The number of rotatable bonds is 2. The lowest BCUT2D eigenvalue weighted by Crippen LogP contribution is -2.46. The Morgan fingerprint density at radius 1 is 0.929 bits per heavy atom. The van der Waals surface area contributed by atoms with E-state index in [-0.39, 0.29) is 5.92 Å². The minimum Gasteiger partial charge on any atom is -0.309 e. The molecule has 3 heteroatoms. The first-order valence-corrected chi connectivity index (χ1v) is 5.82. The fourth-order valence-electron chi connectivity index (χ4n) is 2.79. The van der Waals surface area contributed by atoms with E-state index in [0.29, 0.717) is 6.42 Å². The lowest BCUT2D eigenvalue weighted by Gasteiger charge is -2.34. The van der Waals surface area contributed by atoms with E-state index in [1.54, 1.807) is 0 Å². The predicted octanol–water partition coefficient (Wildman–Crippen LogP) is 2.95. The summed E-state index contributed by atoms with van der Waals surface area (Å²) >= 11 is 0. The summed E-state index contributed by atoms with van der Waals surface area (Å²) in [5.74, 6) is -2.82. The smallest absolute Gasteiger partial charge is 0.265 e. The largest absolute Gasteiger partial charge is 0.309 e. The summed E-state index contributed by atoms with van der Waals surface area (Å²) in [7, 11) is 0. The van der Waals surface area contributed by atoms with Crippen LogP contribution in [0.1, 0.15) is 44.9 Å². The monoisotopic (exact) mass is 203 g/mol. The van der Waals surface area contributed by atoms with Crippen molar-refractivity contribution in [3.63, 3.8) is 0 Å². The van der Waals surface area contributed by atoms with Crippen LogP contribution in [0.4, 0.5) is 8.78 Å². The maximum Gasteiger partial charge on any atom is 0.265 e. The Morgan fingerprint density at radius 3 is 2.21 bits per heavy atom. The highest BCUT2D eigenvalue weighted by atomic mass is 19.3. The maximum absolute atomic E-state index is 14.0. The summed E-state index contributed by atoms with van der Waals surface area (Å²) in [6, 6.07) is -0.536. The molecule has 1 heterocycles. The molecule has 14 heavy (non-hydrogen) atoms. The van der Waals surface area contributed by atoms with Crippen LogP contribution in [-0.2, 0) is 0 Å². The minimum atomic E-state index is -2.46. The predicted molar refractivity (Wildman–Crippen MR) is 52.5 cm³/mol. The Hall–Kier alpha value is -0.180. The maximum atomic E-state index is 14.0. The fraction of sp³-hybridized carbons (Fsp3) is 1.00. The molecule has 0 aromatic rings. The van der Waals surface area contributed by atoms with Gasteiger partial charge in [0.1, 0.15) is 0 Å². The third-order valence-corrected chi connectivity index (χ3v) is 3.67. The van der Waals surface area contributed by atoms with Crippen LogP contribution in [0.15, 0.2) is 0 Å². The fourth-order valence-corrected chi connectivity index (χ4v) is 2.79. The molecule has 2 aliphatic rings. The molecule has 1 atom stereocenters. The third kappa shape index (κ3) is 1.92. The third-order valence-electron chi connectivity index (χ3n) is 3.67. The van der Waals surface area contributed by atoms with Crippen molar-refractivity contribution < 1.29 is 8.78 Å². The van der Waals surface area contributed by atoms with Crippen molar-refractivity contribution in [2.45, 2.75) is 56.9 Å². The molecule has 82 valence electrons. The van der Waals surface area contributed by atoms with Gasteiger partial charge < -0.3 is 5.32 Å². The Labute approximate surface area is 84.3 Å². The molecule has 0 bridgehead atoms. The molecule has 1 nitrogen and oxygen atoms in total. The van der Waals surface area contributed by atoms with Crippen LogP contribution in [0, 0.1) is 5.92 Å². The summed E-state index contributed by atoms with van der Waals surface area (Å²) in [5, 5.41) is 2.94. The number of hydrogen-bond acceptors (Lipinski definition) is 1. The first-order chi connectivity index (χ1) is 6.71. The molecule has 1 saturated carbocycles. The second-order valence-corrected chi connectivity index (χ2v) is 4.66. The lowest BCUT2D eigenvalue weighted by molar-refractivity contribution is -0.0958. The number of hydrogen-bond donors (Lipinski definition) is 1. The molecule has 1 saturated heterocycles. The van der Waals surface area contributed by atoms with E-state index in [9.17, 15) is 8.78 Å². The lowest BCUT2D eigenvalue weighted by atomic mass is 9.81. The van der Waals surface area contributed by atoms with Gasteiger partial charge >= 0.3 is 0 Å². The van der Waals surface area contributed by atoms with Crippen molar-refractivity contribution in [1.82, 2.24) is 5.32 Å². The average molecular weight is 203 g/mol. The number of alkyl halides is 2. The first kappa shape index (κ1) is 10.3. The standard InChI is InChI=1S/C11H19F2N/c12-11(13,10-7-4-8-14-10)9-5-2-1-3-6-9/h9-10,14H,1-8H2. The molecule has 0 radical (unpaired) electrons. The van der Waals surface area contributed by atoms with Crippen molar-refractivity contribution in [3.05, 3.63) is 0 Å². The van der Waals surface area contributed by atoms with Gasteiger partial charge in [0.15, 0.2) is 0 Å². The quantitative estimate of drug-likeness (QED) is 0.727. The molecule has 1 aliphatic heterocycles.